The monoisotopic (exact) mass is 365 g/mol. The summed E-state index contributed by atoms with van der Waals surface area (Å²) in [7, 11) is 0. The topological polar surface area (TPSA) is 64.5 Å². The fourth-order valence-electron chi connectivity index (χ4n) is 4.89. The smallest absolute Gasteiger partial charge is 0.125 e. The number of hydrogen-bond acceptors (Lipinski definition) is 6. The molecule has 142 valence electrons. The minimum Gasteiger partial charge on any atom is -0.507 e. The summed E-state index contributed by atoms with van der Waals surface area (Å²) in [6.45, 7) is 10.2. The number of aryl methyl sites for hydroxylation is 1. The van der Waals surface area contributed by atoms with E-state index in [1.807, 2.05) is 25.1 Å². The molecule has 2 N–H and O–H groups in total. The molecule has 1 aromatic heterocycles. The second kappa shape index (κ2) is 6.77. The van der Waals surface area contributed by atoms with Gasteiger partial charge in [-0.3, -0.25) is 0 Å². The molecular formula is C21H27N5O. The van der Waals surface area contributed by atoms with Gasteiger partial charge in [0.1, 0.15) is 5.75 Å². The Bertz CT molecular complexity index is 823. The highest BCUT2D eigenvalue weighted by Crippen LogP contribution is 2.53. The Kier molecular flexibility index (Phi) is 4.25. The number of anilines is 1. The number of nitrogens with one attached hydrogen (secondary N) is 1. The molecule has 1 aliphatic carbocycles. The molecule has 1 aromatic carbocycles. The predicted molar refractivity (Wildman–Crippen MR) is 106 cm³/mol. The maximum absolute atomic E-state index is 10.1. The van der Waals surface area contributed by atoms with E-state index in [2.05, 4.69) is 31.4 Å². The lowest BCUT2D eigenvalue weighted by Gasteiger charge is -2.29. The Morgan fingerprint density at radius 2 is 1.85 bits per heavy atom. The first kappa shape index (κ1) is 17.0. The molecular weight excluding hydrogens is 338 g/mol. The number of nitrogens with zero attached hydrogens (tertiary/aromatic N) is 4. The van der Waals surface area contributed by atoms with Crippen molar-refractivity contribution in [3.8, 4) is 17.0 Å². The Labute approximate surface area is 160 Å². The van der Waals surface area contributed by atoms with Crippen molar-refractivity contribution < 1.29 is 5.11 Å². The van der Waals surface area contributed by atoms with Gasteiger partial charge in [-0.25, -0.2) is 0 Å². The molecule has 0 radical (unpaired) electrons. The van der Waals surface area contributed by atoms with Gasteiger partial charge >= 0.3 is 0 Å². The lowest BCUT2D eigenvalue weighted by atomic mass is 10.1. The SMILES string of the molecule is Cc1nnc(-c2ccccc2O)cc1N1C[C@@H]2C(CN3CCNCC3)[C@@H]2C1. The largest absolute Gasteiger partial charge is 0.507 e. The summed E-state index contributed by atoms with van der Waals surface area (Å²) in [5, 5.41) is 22.3. The number of piperidine rings is 1. The van der Waals surface area contributed by atoms with E-state index in [4.69, 9.17) is 0 Å². The van der Waals surface area contributed by atoms with Crippen LogP contribution < -0.4 is 10.2 Å². The van der Waals surface area contributed by atoms with Gasteiger partial charge in [0.2, 0.25) is 0 Å². The number of aromatic hydroxyl groups is 1. The first-order chi connectivity index (χ1) is 13.2. The molecule has 0 spiro atoms. The number of phenols is 1. The van der Waals surface area contributed by atoms with E-state index in [-0.39, 0.29) is 5.75 Å². The van der Waals surface area contributed by atoms with Crippen LogP contribution >= 0.6 is 0 Å². The summed E-state index contributed by atoms with van der Waals surface area (Å²) in [4.78, 5) is 5.09. The number of aromatic nitrogens is 2. The van der Waals surface area contributed by atoms with Crippen molar-refractivity contribution in [1.82, 2.24) is 20.4 Å². The molecule has 3 atom stereocenters. The molecule has 6 heteroatoms. The summed E-state index contributed by atoms with van der Waals surface area (Å²) in [6, 6.07) is 9.43. The van der Waals surface area contributed by atoms with Crippen molar-refractivity contribution in [2.45, 2.75) is 6.92 Å². The molecule has 27 heavy (non-hydrogen) atoms. The molecule has 5 rings (SSSR count). The van der Waals surface area contributed by atoms with Gasteiger partial charge in [0, 0.05) is 51.4 Å². The van der Waals surface area contributed by atoms with Crippen LogP contribution in [-0.2, 0) is 0 Å². The van der Waals surface area contributed by atoms with Crippen molar-refractivity contribution in [2.24, 2.45) is 17.8 Å². The molecule has 2 aromatic rings. The van der Waals surface area contributed by atoms with Crippen LogP contribution in [0.15, 0.2) is 30.3 Å². The fourth-order valence-corrected chi connectivity index (χ4v) is 4.89. The summed E-state index contributed by atoms with van der Waals surface area (Å²) >= 11 is 0. The van der Waals surface area contributed by atoms with Crippen LogP contribution in [0.5, 0.6) is 5.75 Å². The zero-order valence-corrected chi connectivity index (χ0v) is 15.8. The third kappa shape index (κ3) is 3.17. The van der Waals surface area contributed by atoms with Crippen molar-refractivity contribution in [1.29, 1.82) is 0 Å². The van der Waals surface area contributed by atoms with Gasteiger partial charge in [-0.15, -0.1) is 5.10 Å². The summed E-state index contributed by atoms with van der Waals surface area (Å²) in [5.41, 5.74) is 3.62. The van der Waals surface area contributed by atoms with Crippen LogP contribution in [0.4, 0.5) is 5.69 Å². The number of piperazine rings is 1. The molecule has 1 saturated carbocycles. The predicted octanol–water partition coefficient (Wildman–Crippen LogP) is 1.75. The molecule has 2 aliphatic heterocycles. The van der Waals surface area contributed by atoms with Gasteiger partial charge in [0.15, 0.2) is 0 Å². The van der Waals surface area contributed by atoms with Gasteiger partial charge in [0.05, 0.1) is 17.1 Å². The number of para-hydroxylation sites is 1. The Morgan fingerprint density at radius 3 is 2.59 bits per heavy atom. The van der Waals surface area contributed by atoms with Crippen LogP contribution in [0.1, 0.15) is 5.69 Å². The minimum absolute atomic E-state index is 0.252. The standard InChI is InChI=1S/C21H27N5O/c1-14-20(10-19(24-23-14)15-4-2-3-5-21(15)27)26-12-17-16(18(17)13-26)11-25-8-6-22-7-9-25/h2-5,10,16-18,22,27H,6-9,11-13H2,1H3/t16?,17-,18+. The van der Waals surface area contributed by atoms with Crippen LogP contribution in [0.2, 0.25) is 0 Å². The van der Waals surface area contributed by atoms with E-state index < -0.39 is 0 Å². The van der Waals surface area contributed by atoms with Gasteiger partial charge in [-0.2, -0.15) is 5.10 Å². The third-order valence-corrected chi connectivity index (χ3v) is 6.52. The van der Waals surface area contributed by atoms with Crippen molar-refractivity contribution >= 4 is 5.69 Å². The lowest BCUT2D eigenvalue weighted by molar-refractivity contribution is 0.224. The van der Waals surface area contributed by atoms with Crippen molar-refractivity contribution in [2.75, 3.05) is 50.7 Å². The molecule has 0 bridgehead atoms. The fraction of sp³-hybridized carbons (Fsp3) is 0.524. The van der Waals surface area contributed by atoms with E-state index >= 15 is 0 Å². The number of fused-ring (bicyclic) bond motifs is 1. The highest BCUT2D eigenvalue weighted by atomic mass is 16.3. The van der Waals surface area contributed by atoms with Crippen molar-refractivity contribution in [3.63, 3.8) is 0 Å². The first-order valence-corrected chi connectivity index (χ1v) is 10.0. The maximum Gasteiger partial charge on any atom is 0.125 e. The highest BCUT2D eigenvalue weighted by molar-refractivity contribution is 5.70. The zero-order chi connectivity index (χ0) is 18.4. The summed E-state index contributed by atoms with van der Waals surface area (Å²) < 4.78 is 0. The van der Waals surface area contributed by atoms with E-state index in [0.29, 0.717) is 0 Å². The van der Waals surface area contributed by atoms with Crippen LogP contribution in [0.25, 0.3) is 11.3 Å². The van der Waals surface area contributed by atoms with Crippen LogP contribution in [0, 0.1) is 24.7 Å². The van der Waals surface area contributed by atoms with Gasteiger partial charge in [-0.05, 0) is 42.9 Å². The molecule has 1 unspecified atom stereocenters. The van der Waals surface area contributed by atoms with Gasteiger partial charge in [-0.1, -0.05) is 12.1 Å². The van der Waals surface area contributed by atoms with E-state index in [0.717, 1.165) is 66.6 Å². The molecule has 3 fully saturated rings. The number of phenolic OH excluding ortho intramolecular Hbond substituents is 1. The van der Waals surface area contributed by atoms with E-state index in [1.54, 1.807) is 6.07 Å². The maximum atomic E-state index is 10.1. The lowest BCUT2D eigenvalue weighted by Crippen LogP contribution is -2.44. The van der Waals surface area contributed by atoms with Gasteiger partial charge in [0.25, 0.3) is 0 Å². The van der Waals surface area contributed by atoms with E-state index in [1.165, 1.54) is 19.6 Å². The normalized spacial score (nSPS) is 27.6. The average Bonchev–Trinajstić information content (AvgIpc) is 3.12. The Hall–Kier alpha value is -2.18. The third-order valence-electron chi connectivity index (χ3n) is 6.52. The average molecular weight is 365 g/mol. The van der Waals surface area contributed by atoms with Crippen LogP contribution in [0.3, 0.4) is 0 Å². The van der Waals surface area contributed by atoms with Crippen LogP contribution in [-0.4, -0.2) is 66.0 Å². The second-order valence-electron chi connectivity index (χ2n) is 8.16. The van der Waals surface area contributed by atoms with Gasteiger partial charge < -0.3 is 20.2 Å². The summed E-state index contributed by atoms with van der Waals surface area (Å²) in [5.74, 6) is 2.76. The number of hydrogen-bond donors (Lipinski definition) is 2. The Balaban J connectivity index is 1.28. The first-order valence-electron chi connectivity index (χ1n) is 10.0. The number of rotatable bonds is 4. The Morgan fingerprint density at radius 1 is 1.11 bits per heavy atom. The molecule has 3 aliphatic rings. The summed E-state index contributed by atoms with van der Waals surface area (Å²) in [6.07, 6.45) is 0. The van der Waals surface area contributed by atoms with Crippen molar-refractivity contribution in [3.05, 3.63) is 36.0 Å². The second-order valence-corrected chi connectivity index (χ2v) is 8.16. The molecule has 2 saturated heterocycles. The highest BCUT2D eigenvalue weighted by Gasteiger charge is 2.55. The molecule has 0 amide bonds. The zero-order valence-electron chi connectivity index (χ0n) is 15.8. The molecule has 6 nitrogen and oxygen atoms in total. The molecule has 3 heterocycles. The van der Waals surface area contributed by atoms with E-state index in [9.17, 15) is 5.11 Å². The minimum atomic E-state index is 0.252. The quantitative estimate of drug-likeness (QED) is 0.861. The number of benzene rings is 1.